The van der Waals surface area contributed by atoms with Gasteiger partial charge in [0, 0.05) is 12.2 Å². The third kappa shape index (κ3) is 6.89. The van der Waals surface area contributed by atoms with Gasteiger partial charge >= 0.3 is 0 Å². The normalized spacial score (nSPS) is 15.0. The summed E-state index contributed by atoms with van der Waals surface area (Å²) < 4.78 is 0. The quantitative estimate of drug-likeness (QED) is 0.639. The fourth-order valence-corrected chi connectivity index (χ4v) is 3.62. The lowest BCUT2D eigenvalue weighted by molar-refractivity contribution is -0.111. The van der Waals surface area contributed by atoms with Crippen molar-refractivity contribution in [3.8, 4) is 0 Å². The molecule has 6 heteroatoms. The number of carbonyl (C=O) groups excluding carboxylic acids is 2. The summed E-state index contributed by atoms with van der Waals surface area (Å²) in [4.78, 5) is 30.9. The Morgan fingerprint density at radius 3 is 2.68 bits per heavy atom. The van der Waals surface area contributed by atoms with Crippen molar-refractivity contribution >= 4 is 29.7 Å². The van der Waals surface area contributed by atoms with Crippen molar-refractivity contribution in [2.45, 2.75) is 19.3 Å². The molecule has 1 fully saturated rings. The highest BCUT2D eigenvalue weighted by Crippen LogP contribution is 2.19. The lowest BCUT2D eigenvalue weighted by Crippen LogP contribution is -2.32. The monoisotopic (exact) mass is 418 g/mol. The number of benzene rings is 1. The number of piperidine rings is 1. The lowest BCUT2D eigenvalue weighted by atomic mass is 9.94. The summed E-state index contributed by atoms with van der Waals surface area (Å²) in [5.41, 5.74) is 2.60. The lowest BCUT2D eigenvalue weighted by Gasteiger charge is -2.28. The molecule has 0 aliphatic carbocycles. The van der Waals surface area contributed by atoms with Crippen LogP contribution >= 0.6 is 0 Å². The third-order valence-corrected chi connectivity index (χ3v) is 5.52. The fourth-order valence-electron chi connectivity index (χ4n) is 3.62. The van der Waals surface area contributed by atoms with Crippen LogP contribution in [0.15, 0.2) is 55.1 Å². The Kier molecular flexibility index (Phi) is 8.12. The molecule has 2 amide bonds. The standard InChI is InChI=1S/C25H30N4O2/c1-3-24(30)28-22-9-5-4-7-20(22)11-12-21-8-6-10-23(27-21)25(31)26-16-13-19-14-17-29(2)18-15-19/h3-12,19H,1,13-18H2,2H3,(H,26,31)(H,28,30)/b12-11+. The summed E-state index contributed by atoms with van der Waals surface area (Å²) >= 11 is 0. The van der Waals surface area contributed by atoms with Crippen molar-refractivity contribution in [2.24, 2.45) is 5.92 Å². The Bertz CT molecular complexity index is 946. The highest BCUT2D eigenvalue weighted by atomic mass is 16.2. The van der Waals surface area contributed by atoms with Gasteiger partial charge in [-0.05, 0) is 81.2 Å². The molecular formula is C25H30N4O2. The molecule has 1 aromatic heterocycles. The van der Waals surface area contributed by atoms with Crippen LogP contribution < -0.4 is 10.6 Å². The van der Waals surface area contributed by atoms with Gasteiger partial charge in [0.2, 0.25) is 5.91 Å². The Labute approximate surface area is 184 Å². The minimum Gasteiger partial charge on any atom is -0.351 e. The molecule has 0 spiro atoms. The van der Waals surface area contributed by atoms with Gasteiger partial charge in [-0.15, -0.1) is 0 Å². The SMILES string of the molecule is C=CC(=O)Nc1ccccc1/C=C/c1cccc(C(=O)NCCC2CCN(C)CC2)n1. The third-order valence-electron chi connectivity index (χ3n) is 5.52. The number of carbonyl (C=O) groups is 2. The van der Waals surface area contributed by atoms with E-state index >= 15 is 0 Å². The van der Waals surface area contributed by atoms with Crippen LogP contribution in [0, 0.1) is 5.92 Å². The summed E-state index contributed by atoms with van der Waals surface area (Å²) in [5.74, 6) is 0.264. The van der Waals surface area contributed by atoms with Gasteiger partial charge in [-0.1, -0.05) is 36.9 Å². The van der Waals surface area contributed by atoms with Gasteiger partial charge in [0.05, 0.1) is 5.69 Å². The van der Waals surface area contributed by atoms with Crippen LogP contribution in [0.1, 0.15) is 41.0 Å². The maximum atomic E-state index is 12.5. The summed E-state index contributed by atoms with van der Waals surface area (Å²) in [6.07, 6.45) is 8.32. The van der Waals surface area contributed by atoms with Gasteiger partial charge in [-0.3, -0.25) is 9.59 Å². The zero-order valence-corrected chi connectivity index (χ0v) is 18.0. The molecule has 31 heavy (non-hydrogen) atoms. The molecule has 2 N–H and O–H groups in total. The number of aromatic nitrogens is 1. The first-order valence-electron chi connectivity index (χ1n) is 10.7. The summed E-state index contributed by atoms with van der Waals surface area (Å²) in [6.45, 7) is 6.42. The number of rotatable bonds is 8. The molecule has 2 heterocycles. The number of nitrogens with zero attached hydrogens (tertiary/aromatic N) is 2. The predicted molar refractivity (Wildman–Crippen MR) is 126 cm³/mol. The summed E-state index contributed by atoms with van der Waals surface area (Å²) in [7, 11) is 2.15. The van der Waals surface area contributed by atoms with Gasteiger partial charge in [0.25, 0.3) is 5.91 Å². The van der Waals surface area contributed by atoms with Crippen molar-refractivity contribution in [1.82, 2.24) is 15.2 Å². The smallest absolute Gasteiger partial charge is 0.269 e. The van der Waals surface area contributed by atoms with E-state index in [1.54, 1.807) is 6.07 Å². The van der Waals surface area contributed by atoms with Gasteiger partial charge in [-0.25, -0.2) is 4.98 Å². The number of para-hydroxylation sites is 1. The molecule has 162 valence electrons. The maximum Gasteiger partial charge on any atom is 0.269 e. The molecule has 0 saturated carbocycles. The van der Waals surface area contributed by atoms with Crippen molar-refractivity contribution in [2.75, 3.05) is 32.0 Å². The molecular weight excluding hydrogens is 388 g/mol. The van der Waals surface area contributed by atoms with Crippen LogP contribution in [0.2, 0.25) is 0 Å². The van der Waals surface area contributed by atoms with E-state index in [0.29, 0.717) is 29.5 Å². The Morgan fingerprint density at radius 2 is 1.90 bits per heavy atom. The molecule has 0 unspecified atom stereocenters. The second-order valence-electron chi connectivity index (χ2n) is 7.85. The molecule has 2 aromatic rings. The van der Waals surface area contributed by atoms with E-state index in [0.717, 1.165) is 25.1 Å². The van der Waals surface area contributed by atoms with E-state index in [1.807, 2.05) is 48.6 Å². The Balaban J connectivity index is 1.58. The maximum absolute atomic E-state index is 12.5. The van der Waals surface area contributed by atoms with Gasteiger partial charge in [-0.2, -0.15) is 0 Å². The minimum atomic E-state index is -0.266. The molecule has 1 aliphatic rings. The largest absolute Gasteiger partial charge is 0.351 e. The molecule has 0 bridgehead atoms. The average molecular weight is 419 g/mol. The number of nitrogens with one attached hydrogen (secondary N) is 2. The van der Waals surface area contributed by atoms with Crippen molar-refractivity contribution in [1.29, 1.82) is 0 Å². The van der Waals surface area contributed by atoms with Crippen LogP contribution in [0.4, 0.5) is 5.69 Å². The molecule has 1 aromatic carbocycles. The number of likely N-dealkylation sites (tertiary alicyclic amines) is 1. The molecule has 1 aliphatic heterocycles. The van der Waals surface area contributed by atoms with Crippen LogP contribution in [-0.2, 0) is 4.79 Å². The van der Waals surface area contributed by atoms with Crippen molar-refractivity contribution in [3.05, 3.63) is 72.1 Å². The average Bonchev–Trinajstić information content (AvgIpc) is 2.80. The van der Waals surface area contributed by atoms with Crippen LogP contribution in [0.3, 0.4) is 0 Å². The first-order chi connectivity index (χ1) is 15.0. The molecule has 1 saturated heterocycles. The van der Waals surface area contributed by atoms with E-state index in [9.17, 15) is 9.59 Å². The number of pyridine rings is 1. The molecule has 0 atom stereocenters. The topological polar surface area (TPSA) is 74.3 Å². The first kappa shape index (κ1) is 22.4. The van der Waals surface area contributed by atoms with E-state index < -0.39 is 0 Å². The van der Waals surface area contributed by atoms with E-state index in [1.165, 1.54) is 18.9 Å². The van der Waals surface area contributed by atoms with Crippen molar-refractivity contribution < 1.29 is 9.59 Å². The fraction of sp³-hybridized carbons (Fsp3) is 0.320. The predicted octanol–water partition coefficient (Wildman–Crippen LogP) is 3.84. The number of hydrogen-bond acceptors (Lipinski definition) is 4. The number of anilines is 1. The molecule has 3 rings (SSSR count). The zero-order valence-electron chi connectivity index (χ0n) is 18.0. The van der Waals surface area contributed by atoms with Gasteiger partial charge < -0.3 is 15.5 Å². The number of amides is 2. The van der Waals surface area contributed by atoms with E-state index in [2.05, 4.69) is 34.1 Å². The van der Waals surface area contributed by atoms with Gasteiger partial charge in [0.15, 0.2) is 0 Å². The van der Waals surface area contributed by atoms with Crippen molar-refractivity contribution in [3.63, 3.8) is 0 Å². The second kappa shape index (κ2) is 11.2. The Hall–Kier alpha value is -3.25. The highest BCUT2D eigenvalue weighted by Gasteiger charge is 2.16. The summed E-state index contributed by atoms with van der Waals surface area (Å²) in [6, 6.07) is 12.9. The molecule has 6 nitrogen and oxygen atoms in total. The van der Waals surface area contributed by atoms with Gasteiger partial charge in [0.1, 0.15) is 5.69 Å². The van der Waals surface area contributed by atoms with Crippen LogP contribution in [-0.4, -0.2) is 48.4 Å². The second-order valence-corrected chi connectivity index (χ2v) is 7.85. The highest BCUT2D eigenvalue weighted by molar-refractivity contribution is 6.00. The Morgan fingerprint density at radius 1 is 1.13 bits per heavy atom. The molecule has 0 radical (unpaired) electrons. The van der Waals surface area contributed by atoms with Crippen LogP contribution in [0.5, 0.6) is 0 Å². The van der Waals surface area contributed by atoms with E-state index in [-0.39, 0.29) is 11.8 Å². The van der Waals surface area contributed by atoms with Crippen LogP contribution in [0.25, 0.3) is 12.2 Å². The van der Waals surface area contributed by atoms with E-state index in [4.69, 9.17) is 0 Å². The minimum absolute atomic E-state index is 0.151. The number of hydrogen-bond donors (Lipinski definition) is 2. The first-order valence-corrected chi connectivity index (χ1v) is 10.7. The zero-order chi connectivity index (χ0) is 22.1. The summed E-state index contributed by atoms with van der Waals surface area (Å²) in [5, 5.41) is 5.78.